The van der Waals surface area contributed by atoms with Gasteiger partial charge in [0, 0.05) is 5.56 Å². The van der Waals surface area contributed by atoms with E-state index in [4.69, 9.17) is 10.8 Å². The Kier molecular flexibility index (Phi) is 5.44. The molecule has 6 nitrogen and oxygen atoms in total. The molecule has 1 atom stereocenters. The Balaban J connectivity index is 2.16. The molecule has 2 aromatic rings. The number of sulfonamides is 1. The summed E-state index contributed by atoms with van der Waals surface area (Å²) in [5.74, 6) is 3.17. The summed E-state index contributed by atoms with van der Waals surface area (Å²) in [6.45, 7) is 3.48. The zero-order valence-corrected chi connectivity index (χ0v) is 14.2. The lowest BCUT2D eigenvalue weighted by Gasteiger charge is -2.12. The van der Waals surface area contributed by atoms with Crippen LogP contribution in [0, 0.1) is 19.3 Å². The molecule has 0 spiro atoms. The highest BCUT2D eigenvalue weighted by atomic mass is 32.2. The van der Waals surface area contributed by atoms with Crippen molar-refractivity contribution in [1.29, 1.82) is 0 Å². The number of hydrogen-bond acceptors (Lipinski definition) is 4. The Bertz CT molecular complexity index is 878. The van der Waals surface area contributed by atoms with Crippen molar-refractivity contribution >= 4 is 15.9 Å². The molecule has 7 heteroatoms. The number of carbonyl (C=O) groups is 1. The Hall–Kier alpha value is -2.56. The number of amides is 1. The van der Waals surface area contributed by atoms with Crippen LogP contribution in [0.25, 0.3) is 0 Å². The summed E-state index contributed by atoms with van der Waals surface area (Å²) in [7, 11) is -3.75. The number of rotatable bonds is 6. The van der Waals surface area contributed by atoms with Gasteiger partial charge in [-0.3, -0.25) is 4.79 Å². The quantitative estimate of drug-likeness (QED) is 0.783. The lowest BCUT2D eigenvalue weighted by atomic mass is 10.2. The van der Waals surface area contributed by atoms with Crippen molar-refractivity contribution in [1.82, 2.24) is 10.0 Å². The predicted octanol–water partition coefficient (Wildman–Crippen LogP) is 1.99. The number of hydrogen-bond donors (Lipinski definition) is 2. The normalized spacial score (nSPS) is 12.4. The van der Waals surface area contributed by atoms with Gasteiger partial charge in [0.15, 0.2) is 0 Å². The molecule has 0 aliphatic carbocycles. The average molecular weight is 346 g/mol. The monoisotopic (exact) mass is 346 g/mol. The molecule has 0 saturated carbocycles. The van der Waals surface area contributed by atoms with Crippen LogP contribution in [0.15, 0.2) is 45.7 Å². The minimum absolute atomic E-state index is 0.0214. The summed E-state index contributed by atoms with van der Waals surface area (Å²) < 4.78 is 31.8. The molecular formula is C17H18N2O4S. The summed E-state index contributed by atoms with van der Waals surface area (Å²) in [4.78, 5) is 12.3. The molecule has 2 rings (SSSR count). The maximum Gasteiger partial charge on any atom is 0.251 e. The van der Waals surface area contributed by atoms with E-state index in [2.05, 4.69) is 16.0 Å². The van der Waals surface area contributed by atoms with Crippen molar-refractivity contribution in [3.63, 3.8) is 0 Å². The second kappa shape index (κ2) is 7.34. The lowest BCUT2D eigenvalue weighted by molar-refractivity contribution is 0.0935. The summed E-state index contributed by atoms with van der Waals surface area (Å²) in [6, 6.07) is 8.98. The molecule has 126 valence electrons. The van der Waals surface area contributed by atoms with Gasteiger partial charge in [0.2, 0.25) is 10.0 Å². The highest BCUT2D eigenvalue weighted by Crippen LogP contribution is 2.17. The van der Waals surface area contributed by atoms with E-state index in [9.17, 15) is 13.2 Å². The molecule has 24 heavy (non-hydrogen) atoms. The highest BCUT2D eigenvalue weighted by Gasteiger charge is 2.18. The van der Waals surface area contributed by atoms with Crippen LogP contribution in [0.2, 0.25) is 0 Å². The molecule has 0 aliphatic heterocycles. The van der Waals surface area contributed by atoms with Crippen LogP contribution >= 0.6 is 0 Å². The third kappa shape index (κ3) is 4.25. The van der Waals surface area contributed by atoms with Crippen molar-refractivity contribution in [3.8, 4) is 12.3 Å². The van der Waals surface area contributed by atoms with E-state index < -0.39 is 15.9 Å². The van der Waals surface area contributed by atoms with E-state index in [1.54, 1.807) is 13.0 Å². The first kappa shape index (κ1) is 17.8. The number of carbonyl (C=O) groups excluding carboxylic acids is 1. The number of nitrogens with one attached hydrogen (secondary N) is 2. The minimum Gasteiger partial charge on any atom is -0.464 e. The van der Waals surface area contributed by atoms with Gasteiger partial charge in [-0.05, 0) is 44.2 Å². The highest BCUT2D eigenvalue weighted by molar-refractivity contribution is 7.89. The first-order valence-electron chi connectivity index (χ1n) is 7.24. The van der Waals surface area contributed by atoms with Crippen molar-refractivity contribution in [3.05, 3.63) is 53.5 Å². The van der Waals surface area contributed by atoms with E-state index in [1.165, 1.54) is 24.3 Å². The maximum atomic E-state index is 12.3. The number of benzene rings is 1. The van der Waals surface area contributed by atoms with E-state index in [-0.39, 0.29) is 23.0 Å². The van der Waals surface area contributed by atoms with Crippen molar-refractivity contribution in [2.24, 2.45) is 0 Å². The van der Waals surface area contributed by atoms with Crippen LogP contribution < -0.4 is 10.0 Å². The first-order valence-corrected chi connectivity index (χ1v) is 8.72. The van der Waals surface area contributed by atoms with Crippen LogP contribution in [0.1, 0.15) is 34.8 Å². The molecule has 2 N–H and O–H groups in total. The van der Waals surface area contributed by atoms with Gasteiger partial charge in [-0.2, -0.15) is 4.72 Å². The molecule has 1 amide bonds. The third-order valence-electron chi connectivity index (χ3n) is 3.31. The fraction of sp³-hybridized carbons (Fsp3) is 0.235. The molecule has 0 saturated heterocycles. The van der Waals surface area contributed by atoms with E-state index in [0.717, 1.165) is 5.76 Å². The van der Waals surface area contributed by atoms with E-state index in [0.29, 0.717) is 5.76 Å². The van der Waals surface area contributed by atoms with Gasteiger partial charge in [-0.25, -0.2) is 8.42 Å². The van der Waals surface area contributed by atoms with Crippen molar-refractivity contribution in [2.45, 2.75) is 24.8 Å². The zero-order chi connectivity index (χ0) is 17.7. The topological polar surface area (TPSA) is 88.4 Å². The van der Waals surface area contributed by atoms with Gasteiger partial charge in [0.05, 0.1) is 17.5 Å². The molecule has 0 bridgehead atoms. The Morgan fingerprint density at radius 2 is 2.08 bits per heavy atom. The second-order valence-corrected chi connectivity index (χ2v) is 6.97. The van der Waals surface area contributed by atoms with Gasteiger partial charge < -0.3 is 9.73 Å². The summed E-state index contributed by atoms with van der Waals surface area (Å²) >= 11 is 0. The number of terminal acetylenes is 1. The minimum atomic E-state index is -3.75. The van der Waals surface area contributed by atoms with E-state index >= 15 is 0 Å². The van der Waals surface area contributed by atoms with Crippen LogP contribution in [0.3, 0.4) is 0 Å². The Labute approximate surface area is 141 Å². The smallest absolute Gasteiger partial charge is 0.251 e. The standard InChI is InChI=1S/C17H18N2O4S/c1-4-10-18-24(21,22)15-7-5-6-14(11-15)17(20)19-13(3)16-9-8-12(2)23-16/h1,5-9,11,13,18H,10H2,2-3H3,(H,19,20). The van der Waals surface area contributed by atoms with Crippen molar-refractivity contribution < 1.29 is 17.6 Å². The molecule has 0 aliphatic rings. The molecule has 0 fully saturated rings. The van der Waals surface area contributed by atoms with Crippen molar-refractivity contribution in [2.75, 3.05) is 6.54 Å². The fourth-order valence-electron chi connectivity index (χ4n) is 2.06. The molecule has 0 radical (unpaired) electrons. The van der Waals surface area contributed by atoms with Gasteiger partial charge in [-0.15, -0.1) is 6.42 Å². The Morgan fingerprint density at radius 1 is 1.33 bits per heavy atom. The molecular weight excluding hydrogens is 328 g/mol. The average Bonchev–Trinajstić information content (AvgIpc) is 2.99. The Morgan fingerprint density at radius 3 is 2.71 bits per heavy atom. The van der Waals surface area contributed by atoms with Gasteiger partial charge in [0.1, 0.15) is 11.5 Å². The van der Waals surface area contributed by atoms with Gasteiger partial charge in [-0.1, -0.05) is 12.0 Å². The van der Waals surface area contributed by atoms with E-state index in [1.807, 2.05) is 13.0 Å². The SMILES string of the molecule is C#CCNS(=O)(=O)c1cccc(C(=O)NC(C)c2ccc(C)o2)c1. The number of aryl methyl sites for hydroxylation is 1. The molecule has 1 aromatic heterocycles. The zero-order valence-electron chi connectivity index (χ0n) is 13.4. The summed E-state index contributed by atoms with van der Waals surface area (Å²) in [5, 5.41) is 2.77. The van der Waals surface area contributed by atoms with Gasteiger partial charge >= 0.3 is 0 Å². The first-order chi connectivity index (χ1) is 11.3. The largest absolute Gasteiger partial charge is 0.464 e. The lowest BCUT2D eigenvalue weighted by Crippen LogP contribution is -2.27. The van der Waals surface area contributed by atoms with Crippen LogP contribution in [0.5, 0.6) is 0 Å². The van der Waals surface area contributed by atoms with Gasteiger partial charge in [0.25, 0.3) is 5.91 Å². The summed E-state index contributed by atoms with van der Waals surface area (Å²) in [5.41, 5.74) is 0.230. The second-order valence-electron chi connectivity index (χ2n) is 5.20. The molecule has 1 heterocycles. The maximum absolute atomic E-state index is 12.3. The molecule has 1 unspecified atom stereocenters. The third-order valence-corrected chi connectivity index (χ3v) is 4.71. The number of furan rings is 1. The molecule has 1 aromatic carbocycles. The predicted molar refractivity (Wildman–Crippen MR) is 89.8 cm³/mol. The fourth-order valence-corrected chi connectivity index (χ4v) is 3.04. The summed E-state index contributed by atoms with van der Waals surface area (Å²) in [6.07, 6.45) is 5.05. The van der Waals surface area contributed by atoms with Crippen LogP contribution in [-0.4, -0.2) is 20.9 Å². The van der Waals surface area contributed by atoms with Crippen LogP contribution in [0.4, 0.5) is 0 Å². The van der Waals surface area contributed by atoms with Crippen LogP contribution in [-0.2, 0) is 10.0 Å².